The van der Waals surface area contributed by atoms with Crippen LogP contribution >= 0.6 is 0 Å². The van der Waals surface area contributed by atoms with Crippen molar-refractivity contribution in [3.8, 4) is 0 Å². The lowest BCUT2D eigenvalue weighted by Gasteiger charge is -2.25. The minimum atomic E-state index is -4.13. The third-order valence-electron chi connectivity index (χ3n) is 2.37. The van der Waals surface area contributed by atoms with Crippen LogP contribution in [-0.2, 0) is 18.8 Å². The highest BCUT2D eigenvalue weighted by atomic mass is 32.3. The van der Waals surface area contributed by atoms with Crippen LogP contribution in [0.25, 0.3) is 0 Å². The molecule has 0 bridgehead atoms. The highest BCUT2D eigenvalue weighted by molar-refractivity contribution is 7.81. The summed E-state index contributed by atoms with van der Waals surface area (Å²) in [6.07, 6.45) is 3.33. The number of rotatable bonds is 10. The SMILES string of the molecule is CCCCCNCC(O)(CC)OS(=O)(=O)OC. The maximum Gasteiger partial charge on any atom is 0.402 e. The van der Waals surface area contributed by atoms with E-state index in [-0.39, 0.29) is 13.0 Å². The molecule has 0 fully saturated rings. The predicted octanol–water partition coefficient (Wildman–Crippen LogP) is 0.773. The maximum atomic E-state index is 11.1. The molecule has 7 heteroatoms. The first-order valence-corrected chi connectivity index (χ1v) is 7.16. The number of hydrogen-bond donors (Lipinski definition) is 2. The first kappa shape index (κ1) is 16.8. The molecule has 1 unspecified atom stereocenters. The van der Waals surface area contributed by atoms with E-state index >= 15 is 0 Å². The molecule has 17 heavy (non-hydrogen) atoms. The molecule has 2 N–H and O–H groups in total. The van der Waals surface area contributed by atoms with E-state index in [0.29, 0.717) is 6.54 Å². The van der Waals surface area contributed by atoms with E-state index in [0.717, 1.165) is 26.4 Å². The van der Waals surface area contributed by atoms with E-state index in [2.05, 4.69) is 20.6 Å². The van der Waals surface area contributed by atoms with Gasteiger partial charge in [0.25, 0.3) is 0 Å². The van der Waals surface area contributed by atoms with Crippen LogP contribution in [-0.4, -0.2) is 39.5 Å². The Morgan fingerprint density at radius 1 is 1.29 bits per heavy atom. The average molecular weight is 269 g/mol. The monoisotopic (exact) mass is 269 g/mol. The van der Waals surface area contributed by atoms with Crippen LogP contribution in [0.2, 0.25) is 0 Å². The Labute approximate surface area is 104 Å². The van der Waals surface area contributed by atoms with E-state index in [1.165, 1.54) is 0 Å². The van der Waals surface area contributed by atoms with Crippen molar-refractivity contribution in [1.29, 1.82) is 0 Å². The van der Waals surface area contributed by atoms with Crippen LogP contribution in [0.4, 0.5) is 0 Å². The van der Waals surface area contributed by atoms with Gasteiger partial charge in [0.05, 0.1) is 13.7 Å². The molecule has 0 aromatic heterocycles. The molecular weight excluding hydrogens is 246 g/mol. The van der Waals surface area contributed by atoms with E-state index in [4.69, 9.17) is 0 Å². The zero-order chi connectivity index (χ0) is 13.4. The smallest absolute Gasteiger partial charge is 0.363 e. The molecule has 0 aliphatic heterocycles. The van der Waals surface area contributed by atoms with Gasteiger partial charge in [-0.3, -0.25) is 4.18 Å². The average Bonchev–Trinajstić information content (AvgIpc) is 2.28. The van der Waals surface area contributed by atoms with Gasteiger partial charge in [0.1, 0.15) is 0 Å². The third-order valence-corrected chi connectivity index (χ3v) is 3.29. The zero-order valence-corrected chi connectivity index (χ0v) is 11.5. The van der Waals surface area contributed by atoms with Gasteiger partial charge in [-0.15, -0.1) is 0 Å². The fourth-order valence-electron chi connectivity index (χ4n) is 1.22. The minimum Gasteiger partial charge on any atom is -0.363 e. The summed E-state index contributed by atoms with van der Waals surface area (Å²) in [6.45, 7) is 4.50. The summed E-state index contributed by atoms with van der Waals surface area (Å²) in [7, 11) is -3.14. The quantitative estimate of drug-likeness (QED) is 0.450. The fourth-order valence-corrected chi connectivity index (χ4v) is 1.85. The Balaban J connectivity index is 4.11. The summed E-state index contributed by atoms with van der Waals surface area (Å²) >= 11 is 0. The molecule has 0 amide bonds. The second-order valence-electron chi connectivity index (χ2n) is 3.84. The Morgan fingerprint density at radius 2 is 1.94 bits per heavy atom. The van der Waals surface area contributed by atoms with Crippen LogP contribution in [0.1, 0.15) is 39.5 Å². The summed E-state index contributed by atoms with van der Waals surface area (Å²) < 4.78 is 30.9. The maximum absolute atomic E-state index is 11.1. The van der Waals surface area contributed by atoms with Gasteiger partial charge in [0.2, 0.25) is 0 Å². The van der Waals surface area contributed by atoms with Crippen molar-refractivity contribution in [3.63, 3.8) is 0 Å². The Bertz CT molecular complexity index is 293. The van der Waals surface area contributed by atoms with Gasteiger partial charge in [-0.1, -0.05) is 26.7 Å². The predicted molar refractivity (Wildman–Crippen MR) is 64.6 cm³/mol. The van der Waals surface area contributed by atoms with Crippen molar-refractivity contribution >= 4 is 10.4 Å². The van der Waals surface area contributed by atoms with E-state index < -0.39 is 16.2 Å². The largest absolute Gasteiger partial charge is 0.402 e. The molecule has 0 saturated carbocycles. The molecule has 0 spiro atoms. The molecule has 1 atom stereocenters. The fraction of sp³-hybridized carbons (Fsp3) is 1.00. The molecule has 0 aromatic carbocycles. The van der Waals surface area contributed by atoms with E-state index in [1.807, 2.05) is 0 Å². The molecule has 0 saturated heterocycles. The van der Waals surface area contributed by atoms with E-state index in [9.17, 15) is 13.5 Å². The van der Waals surface area contributed by atoms with Gasteiger partial charge < -0.3 is 10.4 Å². The normalized spacial score (nSPS) is 15.8. The molecule has 104 valence electrons. The molecule has 0 aliphatic carbocycles. The van der Waals surface area contributed by atoms with Crippen molar-refractivity contribution in [2.24, 2.45) is 0 Å². The minimum absolute atomic E-state index is 0.0514. The molecular formula is C10H23NO5S. The van der Waals surface area contributed by atoms with Gasteiger partial charge >= 0.3 is 10.4 Å². The summed E-state index contributed by atoms with van der Waals surface area (Å²) in [5, 5.41) is 12.9. The third kappa shape index (κ3) is 7.67. The van der Waals surface area contributed by atoms with Crippen LogP contribution in [0, 0.1) is 0 Å². The van der Waals surface area contributed by atoms with Crippen molar-refractivity contribution in [3.05, 3.63) is 0 Å². The lowest BCUT2D eigenvalue weighted by molar-refractivity contribution is -0.137. The van der Waals surface area contributed by atoms with Gasteiger partial charge in [0.15, 0.2) is 5.79 Å². The van der Waals surface area contributed by atoms with Crippen LogP contribution in [0.3, 0.4) is 0 Å². The summed E-state index contributed by atoms with van der Waals surface area (Å²) in [4.78, 5) is 0. The Kier molecular flexibility index (Phi) is 7.89. The van der Waals surface area contributed by atoms with Gasteiger partial charge in [-0.2, -0.15) is 8.42 Å². The Hall–Kier alpha value is -0.210. The standard InChI is InChI=1S/C10H23NO5S/c1-4-6-7-8-11-9-10(12,5-2)16-17(13,14)15-3/h11-12H,4-9H2,1-3H3. The number of unbranched alkanes of at least 4 members (excludes halogenated alkanes) is 2. The highest BCUT2D eigenvalue weighted by Gasteiger charge is 2.32. The second kappa shape index (κ2) is 7.99. The molecule has 6 nitrogen and oxygen atoms in total. The lowest BCUT2D eigenvalue weighted by Crippen LogP contribution is -2.44. The molecule has 0 heterocycles. The number of hydrogen-bond acceptors (Lipinski definition) is 6. The molecule has 0 rings (SSSR count). The van der Waals surface area contributed by atoms with Crippen molar-refractivity contribution in [1.82, 2.24) is 5.32 Å². The van der Waals surface area contributed by atoms with Gasteiger partial charge in [0, 0.05) is 6.42 Å². The van der Waals surface area contributed by atoms with Crippen molar-refractivity contribution in [2.75, 3.05) is 20.2 Å². The van der Waals surface area contributed by atoms with E-state index in [1.54, 1.807) is 6.92 Å². The van der Waals surface area contributed by atoms with Crippen molar-refractivity contribution in [2.45, 2.75) is 45.3 Å². The van der Waals surface area contributed by atoms with Crippen LogP contribution in [0.5, 0.6) is 0 Å². The molecule has 0 aliphatic rings. The summed E-state index contributed by atoms with van der Waals surface area (Å²) in [5.41, 5.74) is 0. The second-order valence-corrected chi connectivity index (χ2v) is 5.16. The summed E-state index contributed by atoms with van der Waals surface area (Å²) in [6, 6.07) is 0. The van der Waals surface area contributed by atoms with Gasteiger partial charge in [-0.25, -0.2) is 4.18 Å². The zero-order valence-electron chi connectivity index (χ0n) is 10.7. The molecule has 0 aromatic rings. The number of aliphatic hydroxyl groups is 1. The molecule has 0 radical (unpaired) electrons. The first-order chi connectivity index (χ1) is 7.89. The lowest BCUT2D eigenvalue weighted by atomic mass is 10.2. The van der Waals surface area contributed by atoms with Gasteiger partial charge in [-0.05, 0) is 13.0 Å². The Morgan fingerprint density at radius 3 is 2.41 bits per heavy atom. The highest BCUT2D eigenvalue weighted by Crippen LogP contribution is 2.15. The van der Waals surface area contributed by atoms with Crippen LogP contribution in [0.15, 0.2) is 0 Å². The first-order valence-electron chi connectivity index (χ1n) is 5.83. The summed E-state index contributed by atoms with van der Waals surface area (Å²) in [5.74, 6) is -1.75. The topological polar surface area (TPSA) is 84.9 Å². The van der Waals surface area contributed by atoms with Crippen LogP contribution < -0.4 is 5.32 Å². The van der Waals surface area contributed by atoms with Crippen molar-refractivity contribution < 1.29 is 21.9 Å². The number of nitrogens with one attached hydrogen (secondary N) is 1.